The van der Waals surface area contributed by atoms with Crippen molar-refractivity contribution in [1.29, 1.82) is 0 Å². The van der Waals surface area contributed by atoms with Crippen LogP contribution >= 0.6 is 0 Å². The Balaban J connectivity index is 0. The van der Waals surface area contributed by atoms with Gasteiger partial charge in [-0.2, -0.15) is 0 Å². The van der Waals surface area contributed by atoms with Crippen LogP contribution in [0.1, 0.15) is 6.42 Å². The van der Waals surface area contributed by atoms with E-state index in [9.17, 15) is 14.7 Å². The molecule has 0 fully saturated rings. The van der Waals surface area contributed by atoms with E-state index in [-0.39, 0.29) is 36.1 Å². The van der Waals surface area contributed by atoms with Gasteiger partial charge in [-0.3, -0.25) is 4.79 Å². The SMILES string of the molecule is O=C(O)C[C@H](NCC(O)CO)C(=O)[O-].[Na+]. The third kappa shape index (κ3) is 8.79. The molecule has 0 aliphatic rings. The van der Waals surface area contributed by atoms with Crippen molar-refractivity contribution < 1.29 is 59.6 Å². The van der Waals surface area contributed by atoms with E-state index in [0.29, 0.717) is 0 Å². The average molecular weight is 229 g/mol. The summed E-state index contributed by atoms with van der Waals surface area (Å²) in [5.41, 5.74) is 0. The Labute approximate surface area is 108 Å². The minimum absolute atomic E-state index is 0. The Morgan fingerprint density at radius 3 is 2.27 bits per heavy atom. The number of rotatable bonds is 7. The van der Waals surface area contributed by atoms with E-state index in [0.717, 1.165) is 0 Å². The van der Waals surface area contributed by atoms with Crippen molar-refractivity contribution in [3.63, 3.8) is 0 Å². The Morgan fingerprint density at radius 2 is 1.93 bits per heavy atom. The van der Waals surface area contributed by atoms with Crippen LogP contribution in [0.4, 0.5) is 0 Å². The molecule has 0 heterocycles. The number of aliphatic hydroxyl groups excluding tert-OH is 2. The van der Waals surface area contributed by atoms with Crippen molar-refractivity contribution in [3.8, 4) is 0 Å². The standard InChI is InChI=1S/C7H13NO6.Na/c9-3-4(10)2-8-5(7(13)14)1-6(11)12;/h4-5,8-10H,1-3H2,(H,11,12)(H,13,14);/q;+1/p-1/t4?,5-;/m0./s1. The number of carbonyl (C=O) groups is 2. The maximum atomic E-state index is 10.4. The fraction of sp³-hybridized carbons (Fsp3) is 0.714. The summed E-state index contributed by atoms with van der Waals surface area (Å²) < 4.78 is 0. The quantitative estimate of drug-likeness (QED) is 0.319. The van der Waals surface area contributed by atoms with E-state index in [4.69, 9.17) is 15.3 Å². The van der Waals surface area contributed by atoms with Gasteiger partial charge in [0, 0.05) is 6.54 Å². The third-order valence-electron chi connectivity index (χ3n) is 1.47. The van der Waals surface area contributed by atoms with E-state index in [1.807, 2.05) is 0 Å². The van der Waals surface area contributed by atoms with Gasteiger partial charge in [0.25, 0.3) is 0 Å². The second-order valence-corrected chi connectivity index (χ2v) is 2.71. The first-order valence-electron chi connectivity index (χ1n) is 3.92. The van der Waals surface area contributed by atoms with Crippen LogP contribution in [-0.4, -0.2) is 52.6 Å². The van der Waals surface area contributed by atoms with Gasteiger partial charge in [-0.05, 0) is 0 Å². The van der Waals surface area contributed by atoms with Gasteiger partial charge in [0.15, 0.2) is 0 Å². The maximum Gasteiger partial charge on any atom is 1.00 e. The summed E-state index contributed by atoms with van der Waals surface area (Å²) in [4.78, 5) is 20.5. The Kier molecular flexibility index (Phi) is 10.4. The molecular formula is C7H12NNaO6. The molecule has 0 saturated carbocycles. The van der Waals surface area contributed by atoms with Crippen LogP contribution in [-0.2, 0) is 9.59 Å². The predicted octanol–water partition coefficient (Wildman–Crippen LogP) is -6.47. The molecular weight excluding hydrogens is 217 g/mol. The van der Waals surface area contributed by atoms with Crippen LogP contribution in [0.2, 0.25) is 0 Å². The Bertz CT molecular complexity index is 212. The molecule has 15 heavy (non-hydrogen) atoms. The summed E-state index contributed by atoms with van der Waals surface area (Å²) in [5.74, 6) is -2.84. The number of aliphatic hydroxyl groups is 2. The zero-order valence-electron chi connectivity index (χ0n) is 8.34. The predicted molar refractivity (Wildman–Crippen MR) is 42.1 cm³/mol. The smallest absolute Gasteiger partial charge is 0.548 e. The molecule has 0 rings (SSSR count). The van der Waals surface area contributed by atoms with E-state index in [2.05, 4.69) is 5.32 Å². The molecule has 0 radical (unpaired) electrons. The van der Waals surface area contributed by atoms with Crippen LogP contribution in [0.3, 0.4) is 0 Å². The number of carbonyl (C=O) groups excluding carboxylic acids is 1. The molecule has 0 aliphatic heterocycles. The topological polar surface area (TPSA) is 130 Å². The largest absolute Gasteiger partial charge is 1.00 e. The summed E-state index contributed by atoms with van der Waals surface area (Å²) in [6.07, 6.45) is -1.76. The molecule has 2 atom stereocenters. The molecule has 82 valence electrons. The molecule has 0 aromatic heterocycles. The fourth-order valence-electron chi connectivity index (χ4n) is 0.756. The average Bonchev–Trinajstić information content (AvgIpc) is 2.10. The molecule has 1 unspecified atom stereocenters. The number of nitrogens with one attached hydrogen (secondary N) is 1. The van der Waals surface area contributed by atoms with Crippen LogP contribution in [0, 0.1) is 0 Å². The first-order chi connectivity index (χ1) is 6.47. The number of hydrogen-bond donors (Lipinski definition) is 4. The molecule has 0 bridgehead atoms. The van der Waals surface area contributed by atoms with Gasteiger partial charge in [-0.1, -0.05) is 0 Å². The molecule has 0 aliphatic carbocycles. The van der Waals surface area contributed by atoms with Crippen molar-refractivity contribution in [2.24, 2.45) is 0 Å². The Hall–Kier alpha value is -0.180. The second kappa shape index (κ2) is 9.08. The Morgan fingerprint density at radius 1 is 1.40 bits per heavy atom. The summed E-state index contributed by atoms with van der Waals surface area (Å²) >= 11 is 0. The second-order valence-electron chi connectivity index (χ2n) is 2.71. The fourth-order valence-corrected chi connectivity index (χ4v) is 0.756. The molecule has 4 N–H and O–H groups in total. The molecule has 0 amide bonds. The number of aliphatic carboxylic acids is 2. The van der Waals surface area contributed by atoms with Crippen molar-refractivity contribution in [3.05, 3.63) is 0 Å². The van der Waals surface area contributed by atoms with E-state index >= 15 is 0 Å². The number of carboxylic acids is 2. The molecule has 0 aromatic carbocycles. The maximum absolute atomic E-state index is 10.4. The van der Waals surface area contributed by atoms with Gasteiger partial charge < -0.3 is 30.5 Å². The van der Waals surface area contributed by atoms with Crippen LogP contribution in [0.25, 0.3) is 0 Å². The van der Waals surface area contributed by atoms with Crippen LogP contribution < -0.4 is 40.0 Å². The zero-order chi connectivity index (χ0) is 11.1. The summed E-state index contributed by atoms with van der Waals surface area (Å²) in [6.45, 7) is -0.734. The monoisotopic (exact) mass is 229 g/mol. The summed E-state index contributed by atoms with van der Waals surface area (Å²) in [6, 6.07) is -1.37. The summed E-state index contributed by atoms with van der Waals surface area (Å²) in [7, 11) is 0. The van der Waals surface area contributed by atoms with Gasteiger partial charge in [-0.25, -0.2) is 0 Å². The molecule has 7 nitrogen and oxygen atoms in total. The van der Waals surface area contributed by atoms with Gasteiger partial charge >= 0.3 is 35.5 Å². The third-order valence-corrected chi connectivity index (χ3v) is 1.47. The van der Waals surface area contributed by atoms with E-state index in [1.54, 1.807) is 0 Å². The summed E-state index contributed by atoms with van der Waals surface area (Å²) in [5, 5.41) is 38.2. The van der Waals surface area contributed by atoms with E-state index in [1.165, 1.54) is 0 Å². The van der Waals surface area contributed by atoms with Gasteiger partial charge in [-0.15, -0.1) is 0 Å². The zero-order valence-corrected chi connectivity index (χ0v) is 10.3. The van der Waals surface area contributed by atoms with Gasteiger partial charge in [0.2, 0.25) is 0 Å². The van der Waals surface area contributed by atoms with Crippen molar-refractivity contribution >= 4 is 11.9 Å². The minimum Gasteiger partial charge on any atom is -0.548 e. The molecule has 8 heteroatoms. The van der Waals surface area contributed by atoms with Crippen molar-refractivity contribution in [1.82, 2.24) is 5.32 Å². The first-order valence-corrected chi connectivity index (χ1v) is 3.92. The van der Waals surface area contributed by atoms with Crippen molar-refractivity contribution in [2.75, 3.05) is 13.2 Å². The number of carboxylic acid groups (broad SMARTS) is 2. The van der Waals surface area contributed by atoms with Crippen LogP contribution in [0.15, 0.2) is 0 Å². The first kappa shape index (κ1) is 17.2. The molecule has 0 saturated heterocycles. The molecule has 0 spiro atoms. The van der Waals surface area contributed by atoms with Crippen LogP contribution in [0.5, 0.6) is 0 Å². The molecule has 0 aromatic rings. The number of hydrogen-bond acceptors (Lipinski definition) is 6. The van der Waals surface area contributed by atoms with Crippen molar-refractivity contribution in [2.45, 2.75) is 18.6 Å². The van der Waals surface area contributed by atoms with E-state index < -0.39 is 37.1 Å². The minimum atomic E-state index is -1.56. The van der Waals surface area contributed by atoms with Gasteiger partial charge in [0.05, 0.1) is 31.1 Å². The van der Waals surface area contributed by atoms with Gasteiger partial charge in [0.1, 0.15) is 0 Å². The normalized spacial score (nSPS) is 13.7.